The van der Waals surface area contributed by atoms with E-state index in [9.17, 15) is 27.6 Å². The smallest absolute Gasteiger partial charge is 0.324 e. The molecule has 12 heteroatoms. The van der Waals surface area contributed by atoms with E-state index in [0.717, 1.165) is 17.0 Å². The van der Waals surface area contributed by atoms with Crippen molar-refractivity contribution < 1.29 is 27.6 Å². The fourth-order valence-electron chi connectivity index (χ4n) is 3.39. The van der Waals surface area contributed by atoms with Crippen LogP contribution < -0.4 is 15.1 Å². The number of halogens is 5. The highest BCUT2D eigenvalue weighted by Crippen LogP contribution is 2.40. The lowest BCUT2D eigenvalue weighted by Gasteiger charge is -2.28. The van der Waals surface area contributed by atoms with Crippen molar-refractivity contribution in [1.29, 1.82) is 5.26 Å². The maximum Gasteiger partial charge on any atom is 0.417 e. The quantitative estimate of drug-likeness (QED) is 0.417. The summed E-state index contributed by atoms with van der Waals surface area (Å²) in [6.45, 7) is 2.88. The minimum atomic E-state index is -4.86. The van der Waals surface area contributed by atoms with E-state index in [2.05, 4.69) is 21.2 Å². The van der Waals surface area contributed by atoms with Crippen molar-refractivity contribution in [3.05, 3.63) is 52.5 Å². The van der Waals surface area contributed by atoms with E-state index in [1.165, 1.54) is 38.1 Å². The zero-order chi connectivity index (χ0) is 24.7. The van der Waals surface area contributed by atoms with Crippen LogP contribution in [0.4, 0.5) is 35.0 Å². The molecule has 7 nitrogen and oxygen atoms in total. The number of hydrogen-bond donors (Lipinski definition) is 1. The van der Waals surface area contributed by atoms with E-state index in [0.29, 0.717) is 11.0 Å². The highest BCUT2D eigenvalue weighted by atomic mass is 79.9. The third-order valence-electron chi connectivity index (χ3n) is 4.96. The van der Waals surface area contributed by atoms with Crippen LogP contribution in [0.15, 0.2) is 36.4 Å². The number of carbonyl (C=O) groups excluding carboxylic acids is 3. The number of nitrogens with zero attached hydrogens (tertiary/aromatic N) is 3. The van der Waals surface area contributed by atoms with Gasteiger partial charge < -0.3 is 5.32 Å². The summed E-state index contributed by atoms with van der Waals surface area (Å²) >= 11 is 9.23. The predicted molar refractivity (Wildman–Crippen MR) is 119 cm³/mol. The third kappa shape index (κ3) is 4.41. The molecule has 0 bridgehead atoms. The number of carbonyl (C=O) groups is 3. The monoisotopic (exact) mass is 542 g/mol. The number of rotatable bonds is 4. The molecule has 0 radical (unpaired) electrons. The van der Waals surface area contributed by atoms with E-state index in [-0.39, 0.29) is 33.3 Å². The first-order valence-electron chi connectivity index (χ1n) is 9.28. The summed E-state index contributed by atoms with van der Waals surface area (Å²) in [7, 11) is 0. The molecule has 3 rings (SSSR count). The summed E-state index contributed by atoms with van der Waals surface area (Å²) in [6, 6.07) is 7.43. The Morgan fingerprint density at radius 1 is 1.18 bits per heavy atom. The van der Waals surface area contributed by atoms with Crippen LogP contribution in [-0.4, -0.2) is 28.7 Å². The average Bonchev–Trinajstić information content (AvgIpc) is 2.92. The molecule has 0 aliphatic carbocycles. The molecule has 0 saturated carbocycles. The van der Waals surface area contributed by atoms with Crippen LogP contribution in [0.2, 0.25) is 5.02 Å². The standard InChI is InChI=1S/C21H15BrClF3N4O3/c1-20(2)18(32)29(12-4-3-11(10-27)14(7-12)21(24,25)26)19(33)30(20)13-5-6-16(15(23)8-13)28-17(31)9-22/h3-8H,9H2,1-2H3,(H,28,31). The zero-order valence-electron chi connectivity index (χ0n) is 17.1. The lowest BCUT2D eigenvalue weighted by Crippen LogP contribution is -2.44. The molecule has 0 spiro atoms. The summed E-state index contributed by atoms with van der Waals surface area (Å²) in [6.07, 6.45) is -4.86. The molecule has 1 N–H and O–H groups in total. The molecular weight excluding hydrogens is 529 g/mol. The summed E-state index contributed by atoms with van der Waals surface area (Å²) < 4.78 is 40.2. The Morgan fingerprint density at radius 3 is 2.36 bits per heavy atom. The van der Waals surface area contributed by atoms with E-state index < -0.39 is 34.8 Å². The number of nitriles is 1. The van der Waals surface area contributed by atoms with Crippen molar-refractivity contribution in [3.8, 4) is 6.07 Å². The molecule has 2 aromatic carbocycles. The number of anilines is 3. The third-order valence-corrected chi connectivity index (χ3v) is 5.78. The van der Waals surface area contributed by atoms with Crippen LogP contribution in [0.3, 0.4) is 0 Å². The predicted octanol–water partition coefficient (Wildman–Crippen LogP) is 5.32. The summed E-state index contributed by atoms with van der Waals surface area (Å²) in [5, 5.41) is 11.7. The van der Waals surface area contributed by atoms with E-state index in [4.69, 9.17) is 16.9 Å². The van der Waals surface area contributed by atoms with Gasteiger partial charge in [-0.3, -0.25) is 14.5 Å². The molecule has 1 aliphatic rings. The van der Waals surface area contributed by atoms with Crippen LogP contribution in [-0.2, 0) is 15.8 Å². The number of nitrogens with one attached hydrogen (secondary N) is 1. The molecule has 0 aromatic heterocycles. The molecule has 2 aromatic rings. The van der Waals surface area contributed by atoms with Gasteiger partial charge in [0.2, 0.25) is 5.91 Å². The Morgan fingerprint density at radius 2 is 1.82 bits per heavy atom. The molecule has 1 fully saturated rings. The second kappa shape index (κ2) is 8.68. The van der Waals surface area contributed by atoms with Gasteiger partial charge in [-0.2, -0.15) is 18.4 Å². The van der Waals surface area contributed by atoms with Crippen LogP contribution in [0.25, 0.3) is 0 Å². The van der Waals surface area contributed by atoms with Crippen molar-refractivity contribution in [2.24, 2.45) is 0 Å². The number of alkyl halides is 4. The molecule has 0 atom stereocenters. The molecule has 1 heterocycles. The molecule has 0 unspecified atom stereocenters. The van der Waals surface area contributed by atoms with Gasteiger partial charge >= 0.3 is 12.2 Å². The zero-order valence-corrected chi connectivity index (χ0v) is 19.5. The molecule has 172 valence electrons. The van der Waals surface area contributed by atoms with Crippen molar-refractivity contribution in [1.82, 2.24) is 0 Å². The highest BCUT2D eigenvalue weighted by Gasteiger charge is 2.53. The fourth-order valence-corrected chi connectivity index (χ4v) is 3.75. The number of benzene rings is 2. The molecule has 4 amide bonds. The minimum Gasteiger partial charge on any atom is -0.324 e. The fraction of sp³-hybridized carbons (Fsp3) is 0.238. The van der Waals surface area contributed by atoms with Gasteiger partial charge in [-0.1, -0.05) is 27.5 Å². The minimum absolute atomic E-state index is 0.0384. The van der Waals surface area contributed by atoms with Gasteiger partial charge in [0.15, 0.2) is 0 Å². The Bertz CT molecular complexity index is 1210. The van der Waals surface area contributed by atoms with Crippen molar-refractivity contribution >= 4 is 62.4 Å². The molecule has 1 aliphatic heterocycles. The second-order valence-electron chi connectivity index (χ2n) is 7.50. The number of urea groups is 1. The SMILES string of the molecule is CC1(C)C(=O)N(c2ccc(C#N)c(C(F)(F)F)c2)C(=O)N1c1ccc(NC(=O)CBr)c(Cl)c1. The van der Waals surface area contributed by atoms with Crippen LogP contribution in [0.5, 0.6) is 0 Å². The average molecular weight is 544 g/mol. The lowest BCUT2D eigenvalue weighted by molar-refractivity contribution is -0.137. The first-order valence-corrected chi connectivity index (χ1v) is 10.8. The number of hydrogen-bond acceptors (Lipinski definition) is 4. The molecular formula is C21H15BrClF3N4O3. The number of imide groups is 1. The highest BCUT2D eigenvalue weighted by molar-refractivity contribution is 9.09. The maximum atomic E-state index is 13.4. The number of amides is 4. The topological polar surface area (TPSA) is 93.5 Å². The van der Waals surface area contributed by atoms with Crippen LogP contribution >= 0.6 is 27.5 Å². The largest absolute Gasteiger partial charge is 0.417 e. The van der Waals surface area contributed by atoms with Crippen molar-refractivity contribution in [3.63, 3.8) is 0 Å². The van der Waals surface area contributed by atoms with Gasteiger partial charge in [-0.25, -0.2) is 9.69 Å². The Kier molecular flexibility index (Phi) is 6.46. The Hall–Kier alpha value is -3.10. The maximum absolute atomic E-state index is 13.4. The van der Waals surface area contributed by atoms with Crippen molar-refractivity contribution in [2.75, 3.05) is 20.4 Å². The van der Waals surface area contributed by atoms with Gasteiger partial charge in [0, 0.05) is 5.69 Å². The van der Waals surface area contributed by atoms with Crippen LogP contribution in [0, 0.1) is 11.3 Å². The van der Waals surface area contributed by atoms with Gasteiger partial charge in [0.1, 0.15) is 5.54 Å². The summed E-state index contributed by atoms with van der Waals surface area (Å²) in [5.74, 6) is -1.12. The Balaban J connectivity index is 2.05. The van der Waals surface area contributed by atoms with Gasteiger partial charge in [0.25, 0.3) is 5.91 Å². The van der Waals surface area contributed by atoms with E-state index in [1.807, 2.05) is 0 Å². The van der Waals surface area contributed by atoms with Gasteiger partial charge in [-0.15, -0.1) is 0 Å². The van der Waals surface area contributed by atoms with Crippen LogP contribution in [0.1, 0.15) is 25.0 Å². The van der Waals surface area contributed by atoms with E-state index >= 15 is 0 Å². The lowest BCUT2D eigenvalue weighted by atomic mass is 10.0. The molecule has 1 saturated heterocycles. The molecule has 33 heavy (non-hydrogen) atoms. The first kappa shape index (κ1) is 24.5. The van der Waals surface area contributed by atoms with Gasteiger partial charge in [0.05, 0.1) is 38.9 Å². The Labute approximate surface area is 199 Å². The second-order valence-corrected chi connectivity index (χ2v) is 8.47. The summed E-state index contributed by atoms with van der Waals surface area (Å²) in [4.78, 5) is 39.6. The van der Waals surface area contributed by atoms with Crippen molar-refractivity contribution in [2.45, 2.75) is 25.6 Å². The first-order chi connectivity index (χ1) is 15.3. The van der Waals surface area contributed by atoms with Gasteiger partial charge in [-0.05, 0) is 50.2 Å². The summed E-state index contributed by atoms with van der Waals surface area (Å²) in [5.41, 5.74) is -3.19. The normalized spacial score (nSPS) is 15.6. The van der Waals surface area contributed by atoms with E-state index in [1.54, 1.807) is 0 Å².